The van der Waals surface area contributed by atoms with E-state index in [-0.39, 0.29) is 5.91 Å². The average molecular weight is 215 g/mol. The predicted octanol–water partition coefficient (Wildman–Crippen LogP) is 2.43. The molecule has 82 valence electrons. The lowest BCUT2D eigenvalue weighted by Crippen LogP contribution is -2.33. The molecule has 1 N–H and O–H groups in total. The van der Waals surface area contributed by atoms with Crippen LogP contribution in [-0.4, -0.2) is 23.5 Å². The molecule has 0 radical (unpaired) electrons. The zero-order valence-corrected chi connectivity index (χ0v) is 10.0. The number of rotatable bonds is 4. The van der Waals surface area contributed by atoms with Gasteiger partial charge in [0.25, 0.3) is 0 Å². The highest BCUT2D eigenvalue weighted by Gasteiger charge is 2.17. The molecule has 0 aromatic rings. The van der Waals surface area contributed by atoms with Crippen LogP contribution in [0, 0.1) is 5.92 Å². The van der Waals surface area contributed by atoms with Gasteiger partial charge in [-0.2, -0.15) is 11.8 Å². The first-order chi connectivity index (χ1) is 6.72. The van der Waals surface area contributed by atoms with Crippen molar-refractivity contribution in [3.8, 4) is 0 Å². The summed E-state index contributed by atoms with van der Waals surface area (Å²) in [5.74, 6) is 3.32. The Morgan fingerprint density at radius 2 is 2.43 bits per heavy atom. The summed E-state index contributed by atoms with van der Waals surface area (Å²) in [5.41, 5.74) is 0. The summed E-state index contributed by atoms with van der Waals surface area (Å²) in [6.45, 7) is 4.16. The number of carbonyl (C=O) groups is 1. The summed E-state index contributed by atoms with van der Waals surface area (Å²) < 4.78 is 0. The second-order valence-corrected chi connectivity index (χ2v) is 5.31. The van der Waals surface area contributed by atoms with Crippen LogP contribution in [0.1, 0.15) is 39.5 Å². The molecule has 2 nitrogen and oxygen atoms in total. The molecule has 0 aromatic carbocycles. The lowest BCUT2D eigenvalue weighted by Gasteiger charge is -2.21. The molecule has 1 amide bonds. The van der Waals surface area contributed by atoms with Gasteiger partial charge in [0.05, 0.1) is 0 Å². The highest BCUT2D eigenvalue weighted by atomic mass is 32.2. The van der Waals surface area contributed by atoms with Crippen LogP contribution in [0.25, 0.3) is 0 Å². The Kier molecular flexibility index (Phi) is 5.38. The van der Waals surface area contributed by atoms with Crippen molar-refractivity contribution in [1.82, 2.24) is 5.32 Å². The minimum Gasteiger partial charge on any atom is -0.354 e. The van der Waals surface area contributed by atoms with Gasteiger partial charge in [-0.3, -0.25) is 4.79 Å². The molecule has 0 bridgehead atoms. The maximum Gasteiger partial charge on any atom is 0.220 e. The second-order valence-electron chi connectivity index (χ2n) is 4.16. The summed E-state index contributed by atoms with van der Waals surface area (Å²) in [7, 11) is 0. The van der Waals surface area contributed by atoms with Crippen LogP contribution < -0.4 is 5.32 Å². The van der Waals surface area contributed by atoms with E-state index in [1.807, 2.05) is 11.8 Å². The van der Waals surface area contributed by atoms with E-state index < -0.39 is 0 Å². The fourth-order valence-electron chi connectivity index (χ4n) is 1.67. The van der Waals surface area contributed by atoms with Gasteiger partial charge < -0.3 is 5.32 Å². The van der Waals surface area contributed by atoms with Gasteiger partial charge in [0, 0.05) is 12.5 Å². The molecule has 0 spiro atoms. The third kappa shape index (κ3) is 4.36. The lowest BCUT2D eigenvalue weighted by atomic mass is 10.0. The highest BCUT2D eigenvalue weighted by molar-refractivity contribution is 7.99. The number of nitrogens with one attached hydrogen (secondary N) is 1. The Labute approximate surface area is 91.2 Å². The standard InChI is InChI=1S/C11H21NOS/c1-3-9(2)12-11(13)7-10-5-4-6-14-8-10/h9-10H,3-8H2,1-2H3,(H,12,13). The molecule has 0 aromatic heterocycles. The number of hydrogen-bond donors (Lipinski definition) is 1. The third-order valence-corrected chi connectivity index (χ3v) is 4.03. The van der Waals surface area contributed by atoms with E-state index in [4.69, 9.17) is 0 Å². The Morgan fingerprint density at radius 1 is 1.64 bits per heavy atom. The zero-order chi connectivity index (χ0) is 10.4. The molecule has 0 saturated carbocycles. The minimum atomic E-state index is 0.242. The van der Waals surface area contributed by atoms with Crippen LogP contribution in [0.5, 0.6) is 0 Å². The maximum atomic E-state index is 11.6. The van der Waals surface area contributed by atoms with E-state index in [2.05, 4.69) is 19.2 Å². The molecule has 14 heavy (non-hydrogen) atoms. The fraction of sp³-hybridized carbons (Fsp3) is 0.909. The first-order valence-corrected chi connectivity index (χ1v) is 6.75. The van der Waals surface area contributed by atoms with Gasteiger partial charge in [-0.1, -0.05) is 6.92 Å². The molecular weight excluding hydrogens is 194 g/mol. The topological polar surface area (TPSA) is 29.1 Å². The van der Waals surface area contributed by atoms with Crippen molar-refractivity contribution in [3.05, 3.63) is 0 Å². The molecule has 2 atom stereocenters. The van der Waals surface area contributed by atoms with Crippen molar-refractivity contribution in [2.45, 2.75) is 45.6 Å². The Hall–Kier alpha value is -0.180. The smallest absolute Gasteiger partial charge is 0.220 e. The van der Waals surface area contributed by atoms with E-state index >= 15 is 0 Å². The van der Waals surface area contributed by atoms with Crippen LogP contribution in [0.2, 0.25) is 0 Å². The predicted molar refractivity (Wildman–Crippen MR) is 62.6 cm³/mol. The van der Waals surface area contributed by atoms with Gasteiger partial charge >= 0.3 is 0 Å². The molecule has 1 fully saturated rings. The van der Waals surface area contributed by atoms with Crippen LogP contribution in [0.3, 0.4) is 0 Å². The molecule has 3 heteroatoms. The Morgan fingerprint density at radius 3 is 3.00 bits per heavy atom. The zero-order valence-electron chi connectivity index (χ0n) is 9.21. The van der Waals surface area contributed by atoms with Gasteiger partial charge in [0.15, 0.2) is 0 Å². The molecule has 1 aliphatic heterocycles. The lowest BCUT2D eigenvalue weighted by molar-refractivity contribution is -0.122. The van der Waals surface area contributed by atoms with Gasteiger partial charge in [-0.15, -0.1) is 0 Å². The van der Waals surface area contributed by atoms with Crippen molar-refractivity contribution in [3.63, 3.8) is 0 Å². The van der Waals surface area contributed by atoms with Crippen molar-refractivity contribution < 1.29 is 4.79 Å². The largest absolute Gasteiger partial charge is 0.354 e. The molecule has 1 saturated heterocycles. The number of carbonyl (C=O) groups excluding carboxylic acids is 1. The SMILES string of the molecule is CCC(C)NC(=O)CC1CCCSC1. The van der Waals surface area contributed by atoms with Crippen LogP contribution in [0.4, 0.5) is 0 Å². The molecule has 1 heterocycles. The summed E-state index contributed by atoms with van der Waals surface area (Å²) >= 11 is 1.99. The quantitative estimate of drug-likeness (QED) is 0.780. The number of thioether (sulfide) groups is 1. The first-order valence-electron chi connectivity index (χ1n) is 5.59. The van der Waals surface area contributed by atoms with Gasteiger partial charge in [-0.05, 0) is 43.6 Å². The van der Waals surface area contributed by atoms with Crippen molar-refractivity contribution >= 4 is 17.7 Å². The van der Waals surface area contributed by atoms with Crippen LogP contribution in [0.15, 0.2) is 0 Å². The van der Waals surface area contributed by atoms with Gasteiger partial charge in [0.1, 0.15) is 0 Å². The van der Waals surface area contributed by atoms with Gasteiger partial charge in [-0.25, -0.2) is 0 Å². The summed E-state index contributed by atoms with van der Waals surface area (Å²) in [6.07, 6.45) is 4.27. The monoisotopic (exact) mass is 215 g/mol. The van der Waals surface area contributed by atoms with E-state index in [0.717, 1.165) is 12.8 Å². The normalized spacial score (nSPS) is 24.3. The van der Waals surface area contributed by atoms with E-state index in [0.29, 0.717) is 12.0 Å². The summed E-state index contributed by atoms with van der Waals surface area (Å²) in [5, 5.41) is 3.03. The number of hydrogen-bond acceptors (Lipinski definition) is 2. The number of amides is 1. The first kappa shape index (κ1) is 11.9. The van der Waals surface area contributed by atoms with Crippen molar-refractivity contribution in [1.29, 1.82) is 0 Å². The maximum absolute atomic E-state index is 11.6. The van der Waals surface area contributed by atoms with E-state index in [1.54, 1.807) is 0 Å². The second kappa shape index (κ2) is 6.33. The van der Waals surface area contributed by atoms with Crippen molar-refractivity contribution in [2.75, 3.05) is 11.5 Å². The molecular formula is C11H21NOS. The summed E-state index contributed by atoms with van der Waals surface area (Å²) in [6, 6.07) is 0.332. The molecule has 1 aliphatic rings. The third-order valence-electron chi connectivity index (χ3n) is 2.75. The highest BCUT2D eigenvalue weighted by Crippen LogP contribution is 2.24. The average Bonchev–Trinajstić information content (AvgIpc) is 2.19. The van der Waals surface area contributed by atoms with E-state index in [9.17, 15) is 4.79 Å². The summed E-state index contributed by atoms with van der Waals surface area (Å²) in [4.78, 5) is 11.6. The van der Waals surface area contributed by atoms with Crippen LogP contribution in [-0.2, 0) is 4.79 Å². The molecule has 2 unspecified atom stereocenters. The molecule has 1 rings (SSSR count). The van der Waals surface area contributed by atoms with Crippen molar-refractivity contribution in [2.24, 2.45) is 5.92 Å². The van der Waals surface area contributed by atoms with Crippen LogP contribution >= 0.6 is 11.8 Å². The van der Waals surface area contributed by atoms with E-state index in [1.165, 1.54) is 24.3 Å². The molecule has 0 aliphatic carbocycles. The Bertz CT molecular complexity index is 178. The minimum absolute atomic E-state index is 0.242. The Balaban J connectivity index is 2.18. The fourth-order valence-corrected chi connectivity index (χ4v) is 2.82. The van der Waals surface area contributed by atoms with Gasteiger partial charge in [0.2, 0.25) is 5.91 Å².